The first-order chi connectivity index (χ1) is 15.1. The fourth-order valence-electron chi connectivity index (χ4n) is 3.82. The van der Waals surface area contributed by atoms with Crippen molar-refractivity contribution in [2.24, 2.45) is 0 Å². The van der Waals surface area contributed by atoms with Gasteiger partial charge in [-0.05, 0) is 48.5 Å². The molecule has 6 nitrogen and oxygen atoms in total. The number of methoxy groups -OCH3 is 1. The van der Waals surface area contributed by atoms with E-state index in [0.29, 0.717) is 28.1 Å². The standard InChI is InChI=1S/C25H19N3O3/c1-31-17-12-10-16(11-13-17)22-14-19(18-6-2-3-7-20(18)26-22)25(30)28-15-24(29)27-21-8-4-5-9-23(21)28/h2-14H,15H2,1H3,(H,27,29). The Hall–Kier alpha value is -4.19. The average Bonchev–Trinajstić information content (AvgIpc) is 2.82. The summed E-state index contributed by atoms with van der Waals surface area (Å²) in [4.78, 5) is 32.2. The number of nitrogens with zero attached hydrogens (tertiary/aromatic N) is 2. The van der Waals surface area contributed by atoms with Gasteiger partial charge in [0.05, 0.1) is 35.3 Å². The number of pyridine rings is 1. The highest BCUT2D eigenvalue weighted by Gasteiger charge is 2.28. The second-order valence-electron chi connectivity index (χ2n) is 7.26. The molecule has 4 aromatic rings. The minimum absolute atomic E-state index is 0.0373. The van der Waals surface area contributed by atoms with Crippen molar-refractivity contribution < 1.29 is 14.3 Å². The van der Waals surface area contributed by atoms with Crippen LogP contribution in [-0.2, 0) is 4.79 Å². The van der Waals surface area contributed by atoms with Crippen molar-refractivity contribution >= 4 is 34.1 Å². The van der Waals surface area contributed by atoms with Crippen molar-refractivity contribution in [2.75, 3.05) is 23.9 Å². The topological polar surface area (TPSA) is 71.5 Å². The maximum absolute atomic E-state index is 13.7. The molecule has 6 heteroatoms. The van der Waals surface area contributed by atoms with Crippen LogP contribution in [0.3, 0.4) is 0 Å². The number of rotatable bonds is 3. The molecule has 152 valence electrons. The number of nitrogens with one attached hydrogen (secondary N) is 1. The SMILES string of the molecule is COc1ccc(-c2cc(C(=O)N3CC(=O)Nc4ccccc43)c3ccccc3n2)cc1. The van der Waals surface area contributed by atoms with Crippen LogP contribution < -0.4 is 15.0 Å². The first-order valence-electron chi connectivity index (χ1n) is 9.89. The highest BCUT2D eigenvalue weighted by molar-refractivity contribution is 6.19. The molecule has 3 aromatic carbocycles. The number of para-hydroxylation sites is 3. The summed E-state index contributed by atoms with van der Waals surface area (Å²) in [5, 5.41) is 3.57. The smallest absolute Gasteiger partial charge is 0.259 e. The predicted octanol–water partition coefficient (Wildman–Crippen LogP) is 4.51. The maximum Gasteiger partial charge on any atom is 0.259 e. The number of carbonyl (C=O) groups excluding carboxylic acids is 2. The quantitative estimate of drug-likeness (QED) is 0.540. The van der Waals surface area contributed by atoms with Gasteiger partial charge >= 0.3 is 0 Å². The lowest BCUT2D eigenvalue weighted by atomic mass is 10.0. The Kier molecular flexibility index (Phi) is 4.59. The van der Waals surface area contributed by atoms with Gasteiger partial charge in [-0.2, -0.15) is 0 Å². The van der Waals surface area contributed by atoms with E-state index >= 15 is 0 Å². The second kappa shape index (κ2) is 7.57. The lowest BCUT2D eigenvalue weighted by Gasteiger charge is -2.29. The monoisotopic (exact) mass is 409 g/mol. The van der Waals surface area contributed by atoms with Crippen LogP contribution >= 0.6 is 0 Å². The number of ether oxygens (including phenoxy) is 1. The minimum Gasteiger partial charge on any atom is -0.497 e. The number of benzene rings is 3. The molecule has 1 aromatic heterocycles. The first kappa shape index (κ1) is 18.8. The van der Waals surface area contributed by atoms with Crippen LogP contribution in [-0.4, -0.2) is 30.5 Å². The number of fused-ring (bicyclic) bond motifs is 2. The zero-order chi connectivity index (χ0) is 21.4. The highest BCUT2D eigenvalue weighted by Crippen LogP contribution is 2.32. The molecule has 5 rings (SSSR count). The molecule has 0 atom stereocenters. The molecular formula is C25H19N3O3. The van der Waals surface area contributed by atoms with Gasteiger partial charge in [0.25, 0.3) is 5.91 Å². The van der Waals surface area contributed by atoms with Gasteiger partial charge in [-0.15, -0.1) is 0 Å². The summed E-state index contributed by atoms with van der Waals surface area (Å²) in [6.07, 6.45) is 0. The Morgan fingerprint density at radius 3 is 2.55 bits per heavy atom. The van der Waals surface area contributed by atoms with Gasteiger partial charge in [0, 0.05) is 10.9 Å². The van der Waals surface area contributed by atoms with Crippen LogP contribution in [0.25, 0.3) is 22.2 Å². The fourth-order valence-corrected chi connectivity index (χ4v) is 3.82. The van der Waals surface area contributed by atoms with Crippen molar-refractivity contribution in [1.82, 2.24) is 4.98 Å². The van der Waals surface area contributed by atoms with Crippen LogP contribution in [0.4, 0.5) is 11.4 Å². The molecule has 31 heavy (non-hydrogen) atoms. The third-order valence-corrected chi connectivity index (χ3v) is 5.35. The highest BCUT2D eigenvalue weighted by atomic mass is 16.5. The Morgan fingerprint density at radius 2 is 1.74 bits per heavy atom. The minimum atomic E-state index is -0.240. The predicted molar refractivity (Wildman–Crippen MR) is 120 cm³/mol. The number of hydrogen-bond acceptors (Lipinski definition) is 4. The summed E-state index contributed by atoms with van der Waals surface area (Å²) in [5.74, 6) is 0.285. The third-order valence-electron chi connectivity index (χ3n) is 5.35. The molecule has 2 heterocycles. The number of amides is 2. The van der Waals surface area contributed by atoms with Crippen LogP contribution in [0.1, 0.15) is 10.4 Å². The van der Waals surface area contributed by atoms with Crippen LogP contribution in [0.5, 0.6) is 5.75 Å². The molecule has 0 spiro atoms. The normalized spacial score (nSPS) is 12.9. The fraction of sp³-hybridized carbons (Fsp3) is 0.0800. The Morgan fingerprint density at radius 1 is 1.00 bits per heavy atom. The Balaban J connectivity index is 1.65. The molecule has 1 aliphatic rings. The van der Waals surface area contributed by atoms with Crippen molar-refractivity contribution in [2.45, 2.75) is 0 Å². The van der Waals surface area contributed by atoms with E-state index in [-0.39, 0.29) is 18.4 Å². The zero-order valence-electron chi connectivity index (χ0n) is 16.8. The summed E-state index contributed by atoms with van der Waals surface area (Å²) in [5.41, 5.74) is 4.08. The molecule has 1 aliphatic heterocycles. The van der Waals surface area contributed by atoms with Gasteiger partial charge in [0.1, 0.15) is 12.3 Å². The van der Waals surface area contributed by atoms with Gasteiger partial charge < -0.3 is 10.1 Å². The zero-order valence-corrected chi connectivity index (χ0v) is 16.8. The summed E-state index contributed by atoms with van der Waals surface area (Å²) >= 11 is 0. The van der Waals surface area contributed by atoms with Gasteiger partial charge in [-0.25, -0.2) is 4.98 Å². The average molecular weight is 409 g/mol. The molecule has 2 amide bonds. The van der Waals surface area contributed by atoms with E-state index in [1.165, 1.54) is 4.90 Å². The number of carbonyl (C=O) groups is 2. The van der Waals surface area contributed by atoms with E-state index in [0.717, 1.165) is 16.7 Å². The van der Waals surface area contributed by atoms with Gasteiger partial charge in [0.2, 0.25) is 5.91 Å². The number of aromatic nitrogens is 1. The van der Waals surface area contributed by atoms with E-state index in [1.807, 2.05) is 66.7 Å². The molecular weight excluding hydrogens is 390 g/mol. The van der Waals surface area contributed by atoms with Crippen molar-refractivity contribution in [1.29, 1.82) is 0 Å². The van der Waals surface area contributed by atoms with Crippen LogP contribution in [0, 0.1) is 0 Å². The first-order valence-corrected chi connectivity index (χ1v) is 9.89. The van der Waals surface area contributed by atoms with E-state index < -0.39 is 0 Å². The van der Waals surface area contributed by atoms with Crippen molar-refractivity contribution in [3.8, 4) is 17.0 Å². The number of anilines is 2. The molecule has 0 unspecified atom stereocenters. The second-order valence-corrected chi connectivity index (χ2v) is 7.26. The van der Waals surface area contributed by atoms with Crippen LogP contribution in [0.2, 0.25) is 0 Å². The molecule has 0 aliphatic carbocycles. The summed E-state index contributed by atoms with van der Waals surface area (Å²) in [6, 6.07) is 24.2. The van der Waals surface area contributed by atoms with E-state index in [2.05, 4.69) is 5.32 Å². The molecule has 0 saturated carbocycles. The maximum atomic E-state index is 13.7. The van der Waals surface area contributed by atoms with Gasteiger partial charge in [-0.1, -0.05) is 30.3 Å². The lowest BCUT2D eigenvalue weighted by molar-refractivity contribution is -0.115. The summed E-state index contributed by atoms with van der Waals surface area (Å²) < 4.78 is 5.24. The third kappa shape index (κ3) is 3.38. The molecule has 0 fully saturated rings. The van der Waals surface area contributed by atoms with Gasteiger partial charge in [-0.3, -0.25) is 14.5 Å². The van der Waals surface area contributed by atoms with E-state index in [9.17, 15) is 9.59 Å². The molecule has 1 N–H and O–H groups in total. The van der Waals surface area contributed by atoms with Gasteiger partial charge in [0.15, 0.2) is 0 Å². The molecule has 0 bridgehead atoms. The lowest BCUT2D eigenvalue weighted by Crippen LogP contribution is -2.42. The number of hydrogen-bond donors (Lipinski definition) is 1. The van der Waals surface area contributed by atoms with Crippen molar-refractivity contribution in [3.05, 3.63) is 84.4 Å². The summed E-state index contributed by atoms with van der Waals surface area (Å²) in [7, 11) is 1.62. The van der Waals surface area contributed by atoms with E-state index in [4.69, 9.17) is 9.72 Å². The summed E-state index contributed by atoms with van der Waals surface area (Å²) in [6.45, 7) is -0.0373. The molecule has 0 radical (unpaired) electrons. The largest absolute Gasteiger partial charge is 0.497 e. The van der Waals surface area contributed by atoms with Crippen LogP contribution in [0.15, 0.2) is 78.9 Å². The molecule has 0 saturated heterocycles. The Bertz CT molecular complexity index is 1320. The van der Waals surface area contributed by atoms with E-state index in [1.54, 1.807) is 19.2 Å². The van der Waals surface area contributed by atoms with Crippen molar-refractivity contribution in [3.63, 3.8) is 0 Å². The Labute approximate surface area is 179 Å².